The minimum Gasteiger partial charge on any atom is -0.461 e. The topological polar surface area (TPSA) is 72.8 Å². The number of cyclic esters (lactones) is 1. The van der Waals surface area contributed by atoms with Crippen molar-refractivity contribution < 1.29 is 24.2 Å². The summed E-state index contributed by atoms with van der Waals surface area (Å²) < 4.78 is 10.7. The first-order valence-corrected chi connectivity index (χ1v) is 10.2. The summed E-state index contributed by atoms with van der Waals surface area (Å²) >= 11 is 0. The second-order valence-corrected chi connectivity index (χ2v) is 7.38. The lowest BCUT2D eigenvalue weighted by Gasteiger charge is -2.24. The zero-order chi connectivity index (χ0) is 19.4. The van der Waals surface area contributed by atoms with Crippen LogP contribution in [0.1, 0.15) is 85.0 Å². The van der Waals surface area contributed by atoms with Gasteiger partial charge in [0.2, 0.25) is 0 Å². The third-order valence-corrected chi connectivity index (χ3v) is 4.99. The van der Waals surface area contributed by atoms with Crippen LogP contribution in [0.25, 0.3) is 0 Å². The number of rotatable bonds is 13. The summed E-state index contributed by atoms with van der Waals surface area (Å²) in [6.07, 6.45) is 11.0. The third kappa shape index (κ3) is 7.48. The number of hydrogen-bond acceptors (Lipinski definition) is 5. The van der Waals surface area contributed by atoms with E-state index in [0.29, 0.717) is 24.3 Å². The van der Waals surface area contributed by atoms with Gasteiger partial charge in [-0.3, -0.25) is 4.79 Å². The van der Waals surface area contributed by atoms with E-state index in [2.05, 4.69) is 20.8 Å². The summed E-state index contributed by atoms with van der Waals surface area (Å²) in [7, 11) is 0. The monoisotopic (exact) mass is 368 g/mol. The van der Waals surface area contributed by atoms with Gasteiger partial charge >= 0.3 is 11.9 Å². The third-order valence-electron chi connectivity index (χ3n) is 4.99. The smallest absolute Gasteiger partial charge is 0.334 e. The average Bonchev–Trinajstić information content (AvgIpc) is 2.96. The molecule has 1 heterocycles. The largest absolute Gasteiger partial charge is 0.461 e. The number of carbonyl (C=O) groups excluding carboxylic acids is 2. The minimum absolute atomic E-state index is 0.0784. The zero-order valence-corrected chi connectivity index (χ0v) is 16.7. The summed E-state index contributed by atoms with van der Waals surface area (Å²) in [5, 5.41) is 9.75. The Morgan fingerprint density at radius 2 is 1.96 bits per heavy atom. The van der Waals surface area contributed by atoms with Crippen molar-refractivity contribution in [2.75, 3.05) is 13.2 Å². The highest BCUT2D eigenvalue weighted by atomic mass is 16.6. The van der Waals surface area contributed by atoms with E-state index in [1.54, 1.807) is 0 Å². The van der Waals surface area contributed by atoms with Crippen LogP contribution >= 0.6 is 0 Å². The van der Waals surface area contributed by atoms with Crippen molar-refractivity contribution in [3.8, 4) is 0 Å². The van der Waals surface area contributed by atoms with Crippen LogP contribution in [0.5, 0.6) is 0 Å². The fourth-order valence-electron chi connectivity index (χ4n) is 3.20. The van der Waals surface area contributed by atoms with Gasteiger partial charge in [0, 0.05) is 18.4 Å². The van der Waals surface area contributed by atoms with Crippen LogP contribution in [0.3, 0.4) is 0 Å². The number of ether oxygens (including phenoxy) is 2. The number of carbonyl (C=O) groups is 2. The van der Waals surface area contributed by atoms with Gasteiger partial charge in [-0.1, -0.05) is 59.0 Å². The molecule has 0 aromatic carbocycles. The predicted molar refractivity (Wildman–Crippen MR) is 102 cm³/mol. The Bertz CT molecular complexity index is 471. The van der Waals surface area contributed by atoms with Gasteiger partial charge in [0.1, 0.15) is 6.61 Å². The molecule has 1 aliphatic rings. The minimum atomic E-state index is -1.12. The molecule has 5 nitrogen and oxygen atoms in total. The Hall–Kier alpha value is -1.36. The average molecular weight is 369 g/mol. The normalized spacial score (nSPS) is 22.5. The van der Waals surface area contributed by atoms with E-state index in [1.165, 1.54) is 0 Å². The number of aliphatic hydroxyl groups is 1. The van der Waals surface area contributed by atoms with Crippen LogP contribution in [0.2, 0.25) is 0 Å². The molecule has 1 rings (SSSR count). The number of esters is 2. The van der Waals surface area contributed by atoms with Gasteiger partial charge in [0.15, 0.2) is 5.60 Å². The van der Waals surface area contributed by atoms with Crippen molar-refractivity contribution in [3.05, 3.63) is 11.6 Å². The fourth-order valence-corrected chi connectivity index (χ4v) is 3.20. The second kappa shape index (κ2) is 12.1. The zero-order valence-electron chi connectivity index (χ0n) is 16.7. The van der Waals surface area contributed by atoms with Crippen LogP contribution < -0.4 is 0 Å². The van der Waals surface area contributed by atoms with Gasteiger partial charge in [-0.2, -0.15) is 0 Å². The van der Waals surface area contributed by atoms with Crippen LogP contribution in [0, 0.1) is 5.92 Å². The lowest BCUT2D eigenvalue weighted by atomic mass is 9.93. The van der Waals surface area contributed by atoms with Crippen molar-refractivity contribution >= 4 is 11.9 Å². The van der Waals surface area contributed by atoms with Gasteiger partial charge < -0.3 is 14.6 Å². The maximum Gasteiger partial charge on any atom is 0.334 e. The van der Waals surface area contributed by atoms with E-state index in [-0.39, 0.29) is 19.2 Å². The van der Waals surface area contributed by atoms with Crippen molar-refractivity contribution in [1.82, 2.24) is 0 Å². The first-order valence-electron chi connectivity index (χ1n) is 10.2. The standard InChI is InChI=1S/C21H36O5/c1-4-7-9-10-12-19(23)25-16-21(15-22)14-18(20(24)26-21)13-17(6-3)11-8-5-2/h13,17,22H,4-12,14-16H2,1-3H3/b18-13+. The molecule has 1 N–H and O–H groups in total. The fraction of sp³-hybridized carbons (Fsp3) is 0.810. The molecule has 0 saturated carbocycles. The molecule has 0 spiro atoms. The Kier molecular flexibility index (Phi) is 10.6. The highest BCUT2D eigenvalue weighted by Gasteiger charge is 2.44. The molecule has 2 atom stereocenters. The first kappa shape index (κ1) is 22.7. The quantitative estimate of drug-likeness (QED) is 0.298. The predicted octanol–water partition coefficient (Wildman–Crippen LogP) is 4.32. The van der Waals surface area contributed by atoms with E-state index in [1.807, 2.05) is 6.08 Å². The van der Waals surface area contributed by atoms with Gasteiger partial charge in [0.25, 0.3) is 0 Å². The molecule has 1 saturated heterocycles. The maximum atomic E-state index is 12.2. The van der Waals surface area contributed by atoms with E-state index in [4.69, 9.17) is 9.47 Å². The van der Waals surface area contributed by atoms with Crippen molar-refractivity contribution in [2.24, 2.45) is 5.92 Å². The Morgan fingerprint density at radius 3 is 2.58 bits per heavy atom. The van der Waals surface area contributed by atoms with Crippen LogP contribution in [-0.4, -0.2) is 35.9 Å². The van der Waals surface area contributed by atoms with E-state index < -0.39 is 11.6 Å². The lowest BCUT2D eigenvalue weighted by molar-refractivity contribution is -0.166. The van der Waals surface area contributed by atoms with Crippen molar-refractivity contribution in [2.45, 2.75) is 90.6 Å². The summed E-state index contributed by atoms with van der Waals surface area (Å²) in [5.74, 6) is -0.349. The second-order valence-electron chi connectivity index (χ2n) is 7.38. The molecule has 1 aliphatic heterocycles. The highest BCUT2D eigenvalue weighted by molar-refractivity contribution is 5.91. The Labute approximate surface area is 158 Å². The molecular weight excluding hydrogens is 332 g/mol. The number of unbranched alkanes of at least 4 members (excludes halogenated alkanes) is 4. The molecule has 5 heteroatoms. The van der Waals surface area contributed by atoms with Gasteiger partial charge in [-0.05, 0) is 25.2 Å². The summed E-state index contributed by atoms with van der Waals surface area (Å²) in [6, 6.07) is 0. The van der Waals surface area contributed by atoms with E-state index in [9.17, 15) is 14.7 Å². The summed E-state index contributed by atoms with van der Waals surface area (Å²) in [6.45, 7) is 5.96. The lowest BCUT2D eigenvalue weighted by Crippen LogP contribution is -2.39. The molecule has 0 amide bonds. The SMILES string of the molecule is CCCCCCC(=O)OCC1(CO)C/C(=C\C(CC)CCCC)C(=O)O1. The summed E-state index contributed by atoms with van der Waals surface area (Å²) in [5.41, 5.74) is -0.522. The molecule has 2 unspecified atom stereocenters. The van der Waals surface area contributed by atoms with Crippen molar-refractivity contribution in [1.29, 1.82) is 0 Å². The molecule has 0 aromatic rings. The molecule has 0 bridgehead atoms. The first-order chi connectivity index (χ1) is 12.5. The summed E-state index contributed by atoms with van der Waals surface area (Å²) in [4.78, 5) is 24.1. The highest BCUT2D eigenvalue weighted by Crippen LogP contribution is 2.33. The number of allylic oxidation sites excluding steroid dienone is 1. The number of aliphatic hydroxyl groups excluding tert-OH is 1. The molecule has 0 radical (unpaired) electrons. The maximum absolute atomic E-state index is 12.2. The van der Waals surface area contributed by atoms with Gasteiger partial charge in [0.05, 0.1) is 6.61 Å². The van der Waals surface area contributed by atoms with Gasteiger partial charge in [-0.25, -0.2) is 4.79 Å². The molecule has 0 aromatic heterocycles. The Morgan fingerprint density at radius 1 is 1.23 bits per heavy atom. The van der Waals surface area contributed by atoms with E-state index in [0.717, 1.165) is 51.4 Å². The van der Waals surface area contributed by atoms with E-state index >= 15 is 0 Å². The Balaban J connectivity index is 2.58. The van der Waals surface area contributed by atoms with Crippen LogP contribution in [0.4, 0.5) is 0 Å². The molecule has 1 fully saturated rings. The molecule has 0 aliphatic carbocycles. The number of hydrogen-bond donors (Lipinski definition) is 1. The van der Waals surface area contributed by atoms with Crippen molar-refractivity contribution in [3.63, 3.8) is 0 Å². The van der Waals surface area contributed by atoms with Gasteiger partial charge in [-0.15, -0.1) is 0 Å². The van der Waals surface area contributed by atoms with Crippen LogP contribution in [-0.2, 0) is 19.1 Å². The van der Waals surface area contributed by atoms with Crippen LogP contribution in [0.15, 0.2) is 11.6 Å². The molecule has 150 valence electrons. The molecular formula is C21H36O5. The molecule has 26 heavy (non-hydrogen) atoms.